The molecule has 1 heterocycles. The zero-order chi connectivity index (χ0) is 10.3. The first kappa shape index (κ1) is 10.1. The fourth-order valence-electron chi connectivity index (χ4n) is 1.81. The van der Waals surface area contributed by atoms with Crippen LogP contribution in [0.5, 0.6) is 0 Å². The second-order valence-corrected chi connectivity index (χ2v) is 3.93. The molecule has 0 unspecified atom stereocenters. The molecule has 1 aliphatic rings. The Morgan fingerprint density at radius 3 is 2.60 bits per heavy atom. The first-order valence-electron chi connectivity index (χ1n) is 5.62. The summed E-state index contributed by atoms with van der Waals surface area (Å²) in [5, 5.41) is 4.42. The van der Waals surface area contributed by atoms with Crippen LogP contribution in [0.2, 0.25) is 0 Å². The minimum atomic E-state index is 0.798. The van der Waals surface area contributed by atoms with E-state index in [0.717, 1.165) is 6.54 Å². The maximum Gasteiger partial charge on any atom is 0.0581 e. The van der Waals surface area contributed by atoms with Gasteiger partial charge in [-0.25, -0.2) is 0 Å². The molecule has 0 amide bonds. The molecule has 0 spiro atoms. The maximum absolute atomic E-state index is 4.42. The molecular weight excluding hydrogens is 186 g/mol. The van der Waals surface area contributed by atoms with Gasteiger partial charge in [-0.2, -0.15) is 5.10 Å². The quantitative estimate of drug-likeness (QED) is 0.766. The summed E-state index contributed by atoms with van der Waals surface area (Å²) in [5.41, 5.74) is 5.69. The van der Waals surface area contributed by atoms with Gasteiger partial charge in [0, 0.05) is 18.1 Å². The summed E-state index contributed by atoms with van der Waals surface area (Å²) in [6.07, 6.45) is 9.93. The van der Waals surface area contributed by atoms with E-state index in [4.69, 9.17) is 0 Å². The van der Waals surface area contributed by atoms with Crippen LogP contribution in [0.25, 0.3) is 0 Å². The molecule has 0 atom stereocenters. The molecule has 0 bridgehead atoms. The minimum absolute atomic E-state index is 0.798. The summed E-state index contributed by atoms with van der Waals surface area (Å²) in [5.74, 6) is 0. The van der Waals surface area contributed by atoms with Crippen molar-refractivity contribution in [2.45, 2.75) is 38.6 Å². The largest absolute Gasteiger partial charge is 0.306 e. The Balaban J connectivity index is 1.78. The van der Waals surface area contributed by atoms with Gasteiger partial charge in [0.1, 0.15) is 0 Å². The van der Waals surface area contributed by atoms with E-state index in [-0.39, 0.29) is 0 Å². The fourth-order valence-corrected chi connectivity index (χ4v) is 1.81. The second-order valence-electron chi connectivity index (χ2n) is 3.93. The van der Waals surface area contributed by atoms with Crippen LogP contribution in [0.4, 0.5) is 0 Å². The molecular formula is C12H17N3. The summed E-state index contributed by atoms with van der Waals surface area (Å²) in [6, 6.07) is 4.02. The highest BCUT2D eigenvalue weighted by Gasteiger charge is 2.05. The molecule has 1 aromatic heterocycles. The second kappa shape index (κ2) is 5.49. The molecule has 3 heteroatoms. The van der Waals surface area contributed by atoms with Gasteiger partial charge in [-0.15, -0.1) is 0 Å². The Bertz CT molecular complexity index is 311. The first-order chi connectivity index (χ1) is 7.45. The molecule has 1 aliphatic carbocycles. The highest BCUT2D eigenvalue weighted by molar-refractivity contribution is 5.84. The van der Waals surface area contributed by atoms with E-state index >= 15 is 0 Å². The van der Waals surface area contributed by atoms with Crippen molar-refractivity contribution in [2.75, 3.05) is 0 Å². The van der Waals surface area contributed by atoms with Crippen molar-refractivity contribution < 1.29 is 0 Å². The van der Waals surface area contributed by atoms with Crippen LogP contribution in [0.15, 0.2) is 29.6 Å². The summed E-state index contributed by atoms with van der Waals surface area (Å²) in [6.45, 7) is 0.798. The van der Waals surface area contributed by atoms with Crippen LogP contribution in [0, 0.1) is 0 Å². The zero-order valence-electron chi connectivity index (χ0n) is 8.95. The van der Waals surface area contributed by atoms with Gasteiger partial charge in [0.2, 0.25) is 0 Å². The molecule has 1 fully saturated rings. The van der Waals surface area contributed by atoms with E-state index in [1.807, 2.05) is 24.5 Å². The summed E-state index contributed by atoms with van der Waals surface area (Å²) in [4.78, 5) is 3.98. The third-order valence-electron chi connectivity index (χ3n) is 2.70. The minimum Gasteiger partial charge on any atom is -0.306 e. The number of hydrazone groups is 1. The van der Waals surface area contributed by atoms with Crippen LogP contribution in [-0.4, -0.2) is 10.7 Å². The Hall–Kier alpha value is -1.38. The van der Waals surface area contributed by atoms with Crippen molar-refractivity contribution in [1.82, 2.24) is 10.4 Å². The van der Waals surface area contributed by atoms with Crippen LogP contribution in [0.1, 0.15) is 37.7 Å². The molecule has 0 aliphatic heterocycles. The van der Waals surface area contributed by atoms with Crippen molar-refractivity contribution in [3.05, 3.63) is 30.1 Å². The van der Waals surface area contributed by atoms with Gasteiger partial charge in [-0.3, -0.25) is 4.98 Å². The number of pyridine rings is 1. The van der Waals surface area contributed by atoms with E-state index in [1.165, 1.54) is 43.4 Å². The van der Waals surface area contributed by atoms with Gasteiger partial charge < -0.3 is 5.43 Å². The van der Waals surface area contributed by atoms with Gasteiger partial charge in [0.25, 0.3) is 0 Å². The van der Waals surface area contributed by atoms with Crippen molar-refractivity contribution in [3.8, 4) is 0 Å². The molecule has 0 aromatic carbocycles. The number of aromatic nitrogens is 1. The first-order valence-corrected chi connectivity index (χ1v) is 5.62. The maximum atomic E-state index is 4.42. The molecule has 80 valence electrons. The van der Waals surface area contributed by atoms with E-state index in [1.54, 1.807) is 0 Å². The van der Waals surface area contributed by atoms with E-state index < -0.39 is 0 Å². The third-order valence-corrected chi connectivity index (χ3v) is 2.70. The lowest BCUT2D eigenvalue weighted by Gasteiger charge is -2.12. The summed E-state index contributed by atoms with van der Waals surface area (Å²) >= 11 is 0. The Labute approximate surface area is 90.6 Å². The van der Waals surface area contributed by atoms with E-state index in [9.17, 15) is 0 Å². The normalized spacial score (nSPS) is 16.1. The topological polar surface area (TPSA) is 37.3 Å². The highest BCUT2D eigenvalue weighted by Crippen LogP contribution is 2.14. The molecule has 0 radical (unpaired) electrons. The highest BCUT2D eigenvalue weighted by atomic mass is 15.3. The monoisotopic (exact) mass is 203 g/mol. The number of hydrogen-bond acceptors (Lipinski definition) is 3. The molecule has 3 nitrogen and oxygen atoms in total. The zero-order valence-corrected chi connectivity index (χ0v) is 8.95. The van der Waals surface area contributed by atoms with Gasteiger partial charge in [-0.1, -0.05) is 6.42 Å². The number of nitrogens with one attached hydrogen (secondary N) is 1. The van der Waals surface area contributed by atoms with Gasteiger partial charge >= 0.3 is 0 Å². The van der Waals surface area contributed by atoms with Crippen LogP contribution in [-0.2, 0) is 6.54 Å². The number of hydrogen-bond donors (Lipinski definition) is 1. The lowest BCUT2D eigenvalue weighted by Crippen LogP contribution is -2.12. The Kier molecular flexibility index (Phi) is 3.71. The average Bonchev–Trinajstić information content (AvgIpc) is 2.32. The predicted octanol–water partition coefficient (Wildman–Crippen LogP) is 2.49. The molecule has 2 rings (SSSR count). The predicted molar refractivity (Wildman–Crippen MR) is 61.6 cm³/mol. The van der Waals surface area contributed by atoms with Crippen molar-refractivity contribution in [3.63, 3.8) is 0 Å². The smallest absolute Gasteiger partial charge is 0.0581 e. The van der Waals surface area contributed by atoms with E-state index in [0.29, 0.717) is 0 Å². The van der Waals surface area contributed by atoms with Crippen LogP contribution < -0.4 is 5.43 Å². The van der Waals surface area contributed by atoms with E-state index in [2.05, 4.69) is 15.5 Å². The number of nitrogens with zero attached hydrogens (tertiary/aromatic N) is 2. The molecule has 1 aromatic rings. The van der Waals surface area contributed by atoms with Crippen molar-refractivity contribution in [1.29, 1.82) is 0 Å². The van der Waals surface area contributed by atoms with Gasteiger partial charge in [0.05, 0.1) is 6.54 Å². The van der Waals surface area contributed by atoms with Crippen LogP contribution >= 0.6 is 0 Å². The Morgan fingerprint density at radius 1 is 1.13 bits per heavy atom. The molecule has 1 saturated carbocycles. The fraction of sp³-hybridized carbons (Fsp3) is 0.500. The van der Waals surface area contributed by atoms with Crippen molar-refractivity contribution in [2.24, 2.45) is 5.10 Å². The number of rotatable bonds is 3. The van der Waals surface area contributed by atoms with Gasteiger partial charge in [-0.05, 0) is 43.4 Å². The lowest BCUT2D eigenvalue weighted by molar-refractivity contribution is 0.646. The summed E-state index contributed by atoms with van der Waals surface area (Å²) < 4.78 is 0. The standard InChI is InChI=1S/C12H17N3/c1-2-4-12(5-3-1)15-14-10-11-6-8-13-9-7-11/h6-9,14H,1-5,10H2. The molecule has 0 saturated heterocycles. The third kappa shape index (κ3) is 3.35. The lowest BCUT2D eigenvalue weighted by atomic mass is 9.99. The molecule has 15 heavy (non-hydrogen) atoms. The Morgan fingerprint density at radius 2 is 1.87 bits per heavy atom. The summed E-state index contributed by atoms with van der Waals surface area (Å²) in [7, 11) is 0. The molecule has 1 N–H and O–H groups in total. The van der Waals surface area contributed by atoms with Crippen LogP contribution in [0.3, 0.4) is 0 Å². The average molecular weight is 203 g/mol. The van der Waals surface area contributed by atoms with Gasteiger partial charge in [0.15, 0.2) is 0 Å². The van der Waals surface area contributed by atoms with Crippen molar-refractivity contribution >= 4 is 5.71 Å². The SMILES string of the molecule is c1cc(CNN=C2CCCCC2)ccn1.